The minimum atomic E-state index is -1.08. The fraction of sp³-hybridized carbons (Fsp3) is 0.286. The number of aromatic nitrogens is 2. The minimum absolute atomic E-state index is 0.0562. The van der Waals surface area contributed by atoms with E-state index in [0.717, 1.165) is 0 Å². The predicted octanol–water partition coefficient (Wildman–Crippen LogP) is 0.492. The Bertz CT molecular complexity index is 312. The van der Waals surface area contributed by atoms with E-state index in [-0.39, 0.29) is 11.7 Å². The van der Waals surface area contributed by atoms with Gasteiger partial charge in [0.15, 0.2) is 5.69 Å². The lowest BCUT2D eigenvalue weighted by atomic mass is 10.3. The summed E-state index contributed by atoms with van der Waals surface area (Å²) in [5.41, 5.74) is 0.513. The largest absolute Gasteiger partial charge is 0.477 e. The van der Waals surface area contributed by atoms with Crippen LogP contribution in [0.1, 0.15) is 16.2 Å². The van der Waals surface area contributed by atoms with Gasteiger partial charge >= 0.3 is 12.0 Å². The standard InChI is InChI=1S/C7H8N2O3/c1-4-3-5(6(10)11)9-7(8-4)12-2/h3H,1-2H3,(H,10,11). The Labute approximate surface area is 69.0 Å². The third kappa shape index (κ3) is 1.69. The zero-order valence-electron chi connectivity index (χ0n) is 6.74. The predicted molar refractivity (Wildman–Crippen MR) is 40.3 cm³/mol. The lowest BCUT2D eigenvalue weighted by Crippen LogP contribution is -2.04. The van der Waals surface area contributed by atoms with E-state index in [1.807, 2.05) is 0 Å². The molecule has 0 atom stereocenters. The number of carboxylic acid groups (broad SMARTS) is 1. The lowest BCUT2D eigenvalue weighted by Gasteiger charge is -1.99. The van der Waals surface area contributed by atoms with Crippen LogP contribution in [0.5, 0.6) is 6.01 Å². The number of aromatic carboxylic acids is 1. The third-order valence-electron chi connectivity index (χ3n) is 1.24. The van der Waals surface area contributed by atoms with Crippen LogP contribution in [-0.2, 0) is 0 Å². The Kier molecular flexibility index (Phi) is 2.23. The van der Waals surface area contributed by atoms with E-state index in [1.165, 1.54) is 13.2 Å². The molecule has 0 bridgehead atoms. The highest BCUT2D eigenvalue weighted by Gasteiger charge is 2.07. The van der Waals surface area contributed by atoms with Crippen molar-refractivity contribution in [2.45, 2.75) is 6.92 Å². The second-order valence-electron chi connectivity index (χ2n) is 2.19. The highest BCUT2D eigenvalue weighted by atomic mass is 16.5. The van der Waals surface area contributed by atoms with Crippen LogP contribution in [0.3, 0.4) is 0 Å². The molecule has 12 heavy (non-hydrogen) atoms. The van der Waals surface area contributed by atoms with Crippen molar-refractivity contribution >= 4 is 5.97 Å². The average Bonchev–Trinajstić information content (AvgIpc) is 2.03. The molecule has 1 rings (SSSR count). The van der Waals surface area contributed by atoms with Gasteiger partial charge in [-0.3, -0.25) is 0 Å². The molecule has 0 fully saturated rings. The summed E-state index contributed by atoms with van der Waals surface area (Å²) >= 11 is 0. The number of carbonyl (C=O) groups is 1. The first-order valence-corrected chi connectivity index (χ1v) is 3.26. The Balaban J connectivity index is 3.15. The van der Waals surface area contributed by atoms with Crippen LogP contribution in [0.25, 0.3) is 0 Å². The zero-order chi connectivity index (χ0) is 9.14. The molecule has 0 aliphatic heterocycles. The second kappa shape index (κ2) is 3.17. The van der Waals surface area contributed by atoms with Gasteiger partial charge in [0, 0.05) is 5.69 Å². The topological polar surface area (TPSA) is 72.3 Å². The number of rotatable bonds is 2. The Morgan fingerprint density at radius 1 is 1.58 bits per heavy atom. The van der Waals surface area contributed by atoms with Gasteiger partial charge in [-0.25, -0.2) is 9.78 Å². The monoisotopic (exact) mass is 168 g/mol. The van der Waals surface area contributed by atoms with Crippen molar-refractivity contribution in [3.63, 3.8) is 0 Å². The minimum Gasteiger partial charge on any atom is -0.477 e. The molecule has 0 aliphatic rings. The molecule has 0 aromatic carbocycles. The molecule has 64 valence electrons. The van der Waals surface area contributed by atoms with Crippen LogP contribution in [0.2, 0.25) is 0 Å². The summed E-state index contributed by atoms with van der Waals surface area (Å²) in [5, 5.41) is 8.58. The highest BCUT2D eigenvalue weighted by Crippen LogP contribution is 2.05. The molecule has 0 spiro atoms. The van der Waals surface area contributed by atoms with Crippen LogP contribution < -0.4 is 4.74 Å². The summed E-state index contributed by atoms with van der Waals surface area (Å²) in [7, 11) is 1.39. The molecule has 0 saturated heterocycles. The molecule has 1 aromatic heterocycles. The first-order chi connectivity index (χ1) is 5.63. The maximum Gasteiger partial charge on any atom is 0.354 e. The summed E-state index contributed by atoms with van der Waals surface area (Å²) in [6, 6.07) is 1.46. The quantitative estimate of drug-likeness (QED) is 0.695. The maximum absolute atomic E-state index is 10.5. The molecular formula is C7H8N2O3. The van der Waals surface area contributed by atoms with E-state index in [1.54, 1.807) is 6.92 Å². The number of aryl methyl sites for hydroxylation is 1. The number of ether oxygens (including phenoxy) is 1. The molecular weight excluding hydrogens is 160 g/mol. The smallest absolute Gasteiger partial charge is 0.354 e. The maximum atomic E-state index is 10.5. The van der Waals surface area contributed by atoms with Crippen LogP contribution in [0, 0.1) is 6.92 Å². The van der Waals surface area contributed by atoms with E-state index < -0.39 is 5.97 Å². The fourth-order valence-corrected chi connectivity index (χ4v) is 0.742. The molecule has 5 nitrogen and oxygen atoms in total. The van der Waals surface area contributed by atoms with E-state index >= 15 is 0 Å². The first-order valence-electron chi connectivity index (χ1n) is 3.26. The summed E-state index contributed by atoms with van der Waals surface area (Å²) in [6.45, 7) is 1.68. The van der Waals surface area contributed by atoms with Gasteiger partial charge in [-0.2, -0.15) is 4.98 Å². The van der Waals surface area contributed by atoms with E-state index in [9.17, 15) is 4.79 Å². The van der Waals surface area contributed by atoms with Crippen molar-refractivity contribution in [1.82, 2.24) is 9.97 Å². The zero-order valence-corrected chi connectivity index (χ0v) is 6.74. The molecule has 0 radical (unpaired) electrons. The number of hydrogen-bond donors (Lipinski definition) is 1. The Morgan fingerprint density at radius 2 is 2.25 bits per heavy atom. The fourth-order valence-electron chi connectivity index (χ4n) is 0.742. The van der Waals surface area contributed by atoms with Crippen molar-refractivity contribution in [3.8, 4) is 6.01 Å². The summed E-state index contributed by atoms with van der Waals surface area (Å²) in [4.78, 5) is 17.9. The van der Waals surface area contributed by atoms with Gasteiger partial charge in [0.2, 0.25) is 0 Å². The second-order valence-corrected chi connectivity index (χ2v) is 2.19. The van der Waals surface area contributed by atoms with Gasteiger partial charge in [0.05, 0.1) is 7.11 Å². The van der Waals surface area contributed by atoms with Crippen LogP contribution in [0.4, 0.5) is 0 Å². The molecule has 0 aliphatic carbocycles. The van der Waals surface area contributed by atoms with E-state index in [2.05, 4.69) is 9.97 Å². The number of carboxylic acids is 1. The summed E-state index contributed by atoms with van der Waals surface area (Å²) < 4.78 is 4.70. The van der Waals surface area contributed by atoms with Crippen molar-refractivity contribution in [1.29, 1.82) is 0 Å². The first kappa shape index (κ1) is 8.45. The molecule has 0 amide bonds. The Hall–Kier alpha value is -1.65. The molecule has 5 heteroatoms. The van der Waals surface area contributed by atoms with Crippen LogP contribution in [0.15, 0.2) is 6.07 Å². The molecule has 0 saturated carbocycles. The SMILES string of the molecule is COc1nc(C)cc(C(=O)O)n1. The van der Waals surface area contributed by atoms with E-state index in [4.69, 9.17) is 9.84 Å². The summed E-state index contributed by atoms with van der Waals surface area (Å²) in [6.07, 6.45) is 0. The average molecular weight is 168 g/mol. The van der Waals surface area contributed by atoms with Gasteiger partial charge < -0.3 is 9.84 Å². The molecule has 1 aromatic rings. The van der Waals surface area contributed by atoms with Gasteiger partial charge in [0.25, 0.3) is 0 Å². The third-order valence-corrected chi connectivity index (χ3v) is 1.24. The number of methoxy groups -OCH3 is 1. The normalized spacial score (nSPS) is 9.50. The van der Waals surface area contributed by atoms with Crippen LogP contribution >= 0.6 is 0 Å². The summed E-state index contributed by atoms with van der Waals surface area (Å²) in [5.74, 6) is -1.08. The Morgan fingerprint density at radius 3 is 2.75 bits per heavy atom. The van der Waals surface area contributed by atoms with Crippen molar-refractivity contribution < 1.29 is 14.6 Å². The molecule has 1 heterocycles. The van der Waals surface area contributed by atoms with E-state index in [0.29, 0.717) is 5.69 Å². The van der Waals surface area contributed by atoms with Crippen molar-refractivity contribution in [3.05, 3.63) is 17.5 Å². The van der Waals surface area contributed by atoms with Gasteiger partial charge in [0.1, 0.15) is 0 Å². The van der Waals surface area contributed by atoms with Gasteiger partial charge in [-0.05, 0) is 13.0 Å². The van der Waals surface area contributed by atoms with Crippen LogP contribution in [-0.4, -0.2) is 28.2 Å². The van der Waals surface area contributed by atoms with Gasteiger partial charge in [-0.15, -0.1) is 0 Å². The van der Waals surface area contributed by atoms with Crippen molar-refractivity contribution in [2.75, 3.05) is 7.11 Å². The lowest BCUT2D eigenvalue weighted by molar-refractivity contribution is 0.0689. The molecule has 0 unspecified atom stereocenters. The number of hydrogen-bond acceptors (Lipinski definition) is 4. The number of nitrogens with zero attached hydrogens (tertiary/aromatic N) is 2. The van der Waals surface area contributed by atoms with Gasteiger partial charge in [-0.1, -0.05) is 0 Å². The highest BCUT2D eigenvalue weighted by molar-refractivity contribution is 5.85. The molecule has 1 N–H and O–H groups in total. The van der Waals surface area contributed by atoms with Crippen molar-refractivity contribution in [2.24, 2.45) is 0 Å².